The van der Waals surface area contributed by atoms with Crippen LogP contribution in [0, 0.1) is 11.8 Å². The predicted molar refractivity (Wildman–Crippen MR) is 84.1 cm³/mol. The van der Waals surface area contributed by atoms with Crippen molar-refractivity contribution in [1.29, 1.82) is 0 Å². The van der Waals surface area contributed by atoms with Gasteiger partial charge in [0.2, 0.25) is 0 Å². The van der Waals surface area contributed by atoms with Gasteiger partial charge in [-0.2, -0.15) is 0 Å². The third-order valence-corrected chi connectivity index (χ3v) is 4.31. The Hall–Kier alpha value is -0.0400. The fourth-order valence-corrected chi connectivity index (χ4v) is 2.93. The molecule has 1 saturated carbocycles. The van der Waals surface area contributed by atoms with Gasteiger partial charge in [0, 0.05) is 6.04 Å². The first-order valence-corrected chi connectivity index (χ1v) is 8.33. The minimum absolute atomic E-state index is 0.865. The molecule has 0 aromatic heterocycles. The molecule has 0 aromatic carbocycles. The van der Waals surface area contributed by atoms with Crippen LogP contribution >= 0.6 is 0 Å². The van der Waals surface area contributed by atoms with E-state index in [1.165, 1.54) is 51.5 Å². The number of hydrogen-bond donors (Lipinski definition) is 0. The van der Waals surface area contributed by atoms with Gasteiger partial charge in [0.1, 0.15) is 0 Å². The maximum absolute atomic E-state index is 2.62. The quantitative estimate of drug-likeness (QED) is 0.618. The van der Waals surface area contributed by atoms with Crippen LogP contribution in [0.1, 0.15) is 79.6 Å². The largest absolute Gasteiger partial charge is 0.303 e. The molecule has 1 aliphatic rings. The molecule has 0 radical (unpaired) electrons. The zero-order valence-electron chi connectivity index (χ0n) is 13.8. The summed E-state index contributed by atoms with van der Waals surface area (Å²) in [5, 5.41) is 0. The normalized spacial score (nSPS) is 24.0. The average molecular weight is 255 g/mol. The van der Waals surface area contributed by atoms with Gasteiger partial charge < -0.3 is 4.90 Å². The van der Waals surface area contributed by atoms with Gasteiger partial charge in [-0.3, -0.25) is 0 Å². The molecule has 18 heavy (non-hydrogen) atoms. The lowest BCUT2D eigenvalue weighted by Gasteiger charge is -2.34. The Labute approximate surface area is 116 Å². The number of nitrogens with zero attached hydrogens (tertiary/aromatic N) is 1. The monoisotopic (exact) mass is 255 g/mol. The lowest BCUT2D eigenvalue weighted by Crippen LogP contribution is -2.35. The van der Waals surface area contributed by atoms with E-state index in [1.807, 2.05) is 13.8 Å². The Bertz CT molecular complexity index is 168. The summed E-state index contributed by atoms with van der Waals surface area (Å²) in [7, 11) is 2.33. The minimum atomic E-state index is 0.865. The van der Waals surface area contributed by atoms with E-state index < -0.39 is 0 Å². The van der Waals surface area contributed by atoms with E-state index >= 15 is 0 Å². The van der Waals surface area contributed by atoms with Crippen molar-refractivity contribution in [2.24, 2.45) is 11.8 Å². The molecule has 0 bridgehead atoms. The molecule has 110 valence electrons. The first-order valence-electron chi connectivity index (χ1n) is 8.33. The lowest BCUT2D eigenvalue weighted by molar-refractivity contribution is 0.160. The molecule has 0 N–H and O–H groups in total. The summed E-state index contributed by atoms with van der Waals surface area (Å²) >= 11 is 0. The molecule has 1 nitrogen and oxygen atoms in total. The van der Waals surface area contributed by atoms with Crippen LogP contribution in [0.3, 0.4) is 0 Å². The molecule has 0 atom stereocenters. The second-order valence-corrected chi connectivity index (χ2v) is 6.10. The van der Waals surface area contributed by atoms with Gasteiger partial charge in [-0.05, 0) is 64.0 Å². The van der Waals surface area contributed by atoms with Crippen molar-refractivity contribution in [2.45, 2.75) is 85.6 Å². The van der Waals surface area contributed by atoms with E-state index in [0.717, 1.165) is 17.9 Å². The SMILES string of the molecule is CC.CCC1CCC(N(C)CCCC(C)C)CC1. The standard InChI is InChI=1S/C15H31N.C2H6/c1-5-14-8-10-15(11-9-14)16(4)12-6-7-13(2)3;1-2/h13-15H,5-12H2,1-4H3;1-2H3. The van der Waals surface area contributed by atoms with Gasteiger partial charge in [0.25, 0.3) is 0 Å². The van der Waals surface area contributed by atoms with E-state index in [4.69, 9.17) is 0 Å². The molecular formula is C17H37N. The highest BCUT2D eigenvalue weighted by atomic mass is 15.1. The zero-order valence-corrected chi connectivity index (χ0v) is 13.8. The van der Waals surface area contributed by atoms with Crippen LogP contribution in [0.25, 0.3) is 0 Å². The molecule has 0 aliphatic heterocycles. The molecule has 0 saturated heterocycles. The average Bonchev–Trinajstić information content (AvgIpc) is 2.40. The number of hydrogen-bond acceptors (Lipinski definition) is 1. The Balaban J connectivity index is 0.00000137. The zero-order chi connectivity index (χ0) is 14.0. The van der Waals surface area contributed by atoms with Gasteiger partial charge in [0.05, 0.1) is 0 Å². The summed E-state index contributed by atoms with van der Waals surface area (Å²) in [5.41, 5.74) is 0. The van der Waals surface area contributed by atoms with E-state index in [0.29, 0.717) is 0 Å². The fraction of sp³-hybridized carbons (Fsp3) is 1.00. The van der Waals surface area contributed by atoms with Crippen LogP contribution < -0.4 is 0 Å². The molecular weight excluding hydrogens is 218 g/mol. The van der Waals surface area contributed by atoms with Crippen LogP contribution in [-0.4, -0.2) is 24.5 Å². The van der Waals surface area contributed by atoms with Crippen molar-refractivity contribution >= 4 is 0 Å². The van der Waals surface area contributed by atoms with Crippen molar-refractivity contribution in [3.63, 3.8) is 0 Å². The summed E-state index contributed by atoms with van der Waals surface area (Å²) in [6, 6.07) is 0.884. The first kappa shape index (κ1) is 18.0. The lowest BCUT2D eigenvalue weighted by atomic mass is 9.84. The molecule has 1 heteroatoms. The third-order valence-electron chi connectivity index (χ3n) is 4.31. The predicted octanol–water partition coefficient (Wildman–Crippen LogP) is 5.35. The summed E-state index contributed by atoms with van der Waals surface area (Å²) in [6.07, 6.45) is 9.97. The van der Waals surface area contributed by atoms with Crippen molar-refractivity contribution in [2.75, 3.05) is 13.6 Å². The second kappa shape index (κ2) is 10.8. The smallest absolute Gasteiger partial charge is 0.00924 e. The summed E-state index contributed by atoms with van der Waals surface area (Å²) < 4.78 is 0. The molecule has 0 amide bonds. The maximum Gasteiger partial charge on any atom is 0.00924 e. The van der Waals surface area contributed by atoms with Gasteiger partial charge in [-0.15, -0.1) is 0 Å². The summed E-state index contributed by atoms with van der Waals surface area (Å²) in [4.78, 5) is 2.62. The topological polar surface area (TPSA) is 3.24 Å². The highest BCUT2D eigenvalue weighted by Crippen LogP contribution is 2.29. The second-order valence-electron chi connectivity index (χ2n) is 6.10. The van der Waals surface area contributed by atoms with Gasteiger partial charge >= 0.3 is 0 Å². The Morgan fingerprint density at radius 1 is 1.06 bits per heavy atom. The Kier molecular flexibility index (Phi) is 10.8. The van der Waals surface area contributed by atoms with Gasteiger partial charge in [-0.25, -0.2) is 0 Å². The highest BCUT2D eigenvalue weighted by molar-refractivity contribution is 4.77. The molecule has 1 rings (SSSR count). The van der Waals surface area contributed by atoms with Crippen molar-refractivity contribution in [3.8, 4) is 0 Å². The van der Waals surface area contributed by atoms with E-state index in [2.05, 4.69) is 32.7 Å². The summed E-state index contributed by atoms with van der Waals surface area (Å²) in [6.45, 7) is 12.3. The summed E-state index contributed by atoms with van der Waals surface area (Å²) in [5.74, 6) is 1.89. The molecule has 1 fully saturated rings. The molecule has 1 aliphatic carbocycles. The van der Waals surface area contributed by atoms with Crippen LogP contribution in [0.5, 0.6) is 0 Å². The van der Waals surface area contributed by atoms with E-state index in [1.54, 1.807) is 0 Å². The van der Waals surface area contributed by atoms with Gasteiger partial charge in [0.15, 0.2) is 0 Å². The van der Waals surface area contributed by atoms with Crippen molar-refractivity contribution in [3.05, 3.63) is 0 Å². The highest BCUT2D eigenvalue weighted by Gasteiger charge is 2.22. The third kappa shape index (κ3) is 7.41. The number of rotatable bonds is 6. The van der Waals surface area contributed by atoms with Crippen molar-refractivity contribution < 1.29 is 0 Å². The molecule has 0 heterocycles. The van der Waals surface area contributed by atoms with Crippen molar-refractivity contribution in [1.82, 2.24) is 4.90 Å². The molecule has 0 aromatic rings. The Morgan fingerprint density at radius 3 is 2.06 bits per heavy atom. The van der Waals surface area contributed by atoms with Crippen LogP contribution in [0.2, 0.25) is 0 Å². The van der Waals surface area contributed by atoms with Crippen LogP contribution in [0.15, 0.2) is 0 Å². The minimum Gasteiger partial charge on any atom is -0.303 e. The molecule has 0 unspecified atom stereocenters. The first-order chi connectivity index (χ1) is 8.63. The fourth-order valence-electron chi connectivity index (χ4n) is 2.93. The van der Waals surface area contributed by atoms with Gasteiger partial charge in [-0.1, -0.05) is 41.0 Å². The van der Waals surface area contributed by atoms with E-state index in [9.17, 15) is 0 Å². The van der Waals surface area contributed by atoms with Crippen LogP contribution in [0.4, 0.5) is 0 Å². The Morgan fingerprint density at radius 2 is 1.61 bits per heavy atom. The molecule has 0 spiro atoms. The maximum atomic E-state index is 2.62. The van der Waals surface area contributed by atoms with Crippen LogP contribution in [-0.2, 0) is 0 Å². The van der Waals surface area contributed by atoms with E-state index in [-0.39, 0.29) is 0 Å².